The van der Waals surface area contributed by atoms with E-state index >= 15 is 0 Å². The van der Waals surface area contributed by atoms with Gasteiger partial charge >= 0.3 is 0 Å². The maximum absolute atomic E-state index is 13.2. The molecule has 4 heteroatoms. The van der Waals surface area contributed by atoms with E-state index in [-0.39, 0.29) is 11.7 Å². The van der Waals surface area contributed by atoms with Gasteiger partial charge in [0.25, 0.3) is 0 Å². The van der Waals surface area contributed by atoms with E-state index in [0.717, 1.165) is 5.56 Å². The smallest absolute Gasteiger partial charge is 0.237 e. The van der Waals surface area contributed by atoms with Gasteiger partial charge in [-0.3, -0.25) is 4.79 Å². The molecule has 0 aromatic heterocycles. The van der Waals surface area contributed by atoms with Gasteiger partial charge in [0.1, 0.15) is 5.82 Å². The molecular weight excluding hydrogens is 291 g/mol. The first kappa shape index (κ1) is 15.7. The quantitative estimate of drug-likeness (QED) is 0.860. The van der Waals surface area contributed by atoms with Crippen LogP contribution in [0, 0.1) is 11.7 Å². The van der Waals surface area contributed by atoms with Crippen LogP contribution in [0.4, 0.5) is 4.39 Å². The summed E-state index contributed by atoms with van der Waals surface area (Å²) in [5.74, 6) is -1.51. The monoisotopic (exact) mass is 315 g/mol. The Hall–Kier alpha value is -2.20. The molecular formula is C19H23FN2O. The molecule has 0 saturated heterocycles. The topological polar surface area (TPSA) is 55.1 Å². The Kier molecular flexibility index (Phi) is 5.37. The molecule has 0 heterocycles. The minimum absolute atomic E-state index is 0.0552. The van der Waals surface area contributed by atoms with E-state index in [4.69, 9.17) is 7.10 Å². The maximum atomic E-state index is 13.2. The van der Waals surface area contributed by atoms with Crippen LogP contribution in [0.25, 0.3) is 0 Å². The van der Waals surface area contributed by atoms with Crippen molar-refractivity contribution >= 4 is 5.91 Å². The molecule has 0 bridgehead atoms. The maximum Gasteiger partial charge on any atom is 0.237 e. The lowest BCUT2D eigenvalue weighted by Crippen LogP contribution is -2.45. The highest BCUT2D eigenvalue weighted by Gasteiger charge is 2.28. The van der Waals surface area contributed by atoms with Crippen molar-refractivity contribution in [1.29, 1.82) is 0 Å². The molecule has 2 aromatic rings. The number of hydrogen-bond acceptors (Lipinski definition) is 2. The van der Waals surface area contributed by atoms with E-state index in [1.807, 2.05) is 44.2 Å². The molecule has 0 fully saturated rings. The summed E-state index contributed by atoms with van der Waals surface area (Å²) in [7, 11) is 0. The Balaban J connectivity index is 2.17. The highest BCUT2D eigenvalue weighted by atomic mass is 19.1. The average molecular weight is 315 g/mol. The minimum atomic E-state index is -1.85. The van der Waals surface area contributed by atoms with Crippen LogP contribution < -0.4 is 11.1 Å². The third-order valence-corrected chi connectivity index (χ3v) is 3.79. The predicted molar refractivity (Wildman–Crippen MR) is 90.2 cm³/mol. The van der Waals surface area contributed by atoms with Gasteiger partial charge < -0.3 is 11.1 Å². The van der Waals surface area contributed by atoms with E-state index < -0.39 is 17.8 Å². The van der Waals surface area contributed by atoms with Gasteiger partial charge in [0.05, 0.1) is 7.39 Å². The molecule has 0 aliphatic carbocycles. The number of nitrogens with two attached hydrogens (primary N) is 1. The Labute approximate surface area is 138 Å². The summed E-state index contributed by atoms with van der Waals surface area (Å²) in [4.78, 5) is 12.5. The molecule has 2 atom stereocenters. The van der Waals surface area contributed by atoms with Crippen molar-refractivity contribution in [3.8, 4) is 0 Å². The van der Waals surface area contributed by atoms with Crippen LogP contribution >= 0.6 is 0 Å². The highest BCUT2D eigenvalue weighted by molar-refractivity contribution is 5.82. The largest absolute Gasteiger partial charge is 0.351 e. The van der Waals surface area contributed by atoms with Crippen LogP contribution in [0.3, 0.4) is 0 Å². The molecule has 3 N–H and O–H groups in total. The summed E-state index contributed by atoms with van der Waals surface area (Å²) in [5.41, 5.74) is 7.71. The first-order valence-electron chi connectivity index (χ1n) is 8.19. The van der Waals surface area contributed by atoms with E-state index in [0.29, 0.717) is 12.1 Å². The lowest BCUT2D eigenvalue weighted by atomic mass is 9.82. The fraction of sp³-hybridized carbons (Fsp3) is 0.316. The average Bonchev–Trinajstić information content (AvgIpc) is 2.55. The van der Waals surface area contributed by atoms with Crippen molar-refractivity contribution in [3.63, 3.8) is 0 Å². The van der Waals surface area contributed by atoms with E-state index in [1.165, 1.54) is 12.1 Å². The third kappa shape index (κ3) is 4.63. The Morgan fingerprint density at radius 3 is 2.35 bits per heavy atom. The summed E-state index contributed by atoms with van der Waals surface area (Å²) >= 11 is 0. The second-order valence-corrected chi connectivity index (χ2v) is 5.90. The SMILES string of the molecule is [2H]C(N)(C(=O)NCc1ccccc1)C(c1ccc(F)cc1)C(C)C. The van der Waals surface area contributed by atoms with Crippen molar-refractivity contribution < 1.29 is 10.6 Å². The molecule has 0 aliphatic rings. The second-order valence-electron chi connectivity index (χ2n) is 5.90. The summed E-state index contributed by atoms with van der Waals surface area (Å²) in [6.07, 6.45) is 0. The normalized spacial score (nSPS) is 15.6. The van der Waals surface area contributed by atoms with E-state index in [9.17, 15) is 9.18 Å². The van der Waals surface area contributed by atoms with Gasteiger partial charge in [0.15, 0.2) is 0 Å². The predicted octanol–water partition coefficient (Wildman–Crippen LogP) is 3.21. The minimum Gasteiger partial charge on any atom is -0.351 e. The molecule has 3 nitrogen and oxygen atoms in total. The molecule has 0 spiro atoms. The van der Waals surface area contributed by atoms with Gasteiger partial charge in [-0.25, -0.2) is 4.39 Å². The number of carbonyl (C=O) groups is 1. The Bertz CT molecular complexity index is 672. The number of carbonyl (C=O) groups excluding carboxylic acids is 1. The lowest BCUT2D eigenvalue weighted by molar-refractivity contribution is -0.123. The van der Waals surface area contributed by atoms with Gasteiger partial charge in [-0.15, -0.1) is 0 Å². The fourth-order valence-electron chi connectivity index (χ4n) is 2.62. The van der Waals surface area contributed by atoms with Crippen LogP contribution in [0.15, 0.2) is 54.6 Å². The molecule has 0 saturated carbocycles. The fourth-order valence-corrected chi connectivity index (χ4v) is 2.62. The molecule has 2 unspecified atom stereocenters. The van der Waals surface area contributed by atoms with Gasteiger partial charge in [0, 0.05) is 12.5 Å². The van der Waals surface area contributed by atoms with Crippen LogP contribution in [0.5, 0.6) is 0 Å². The zero-order valence-electron chi connectivity index (χ0n) is 14.4. The van der Waals surface area contributed by atoms with Gasteiger partial charge in [0.2, 0.25) is 5.91 Å². The third-order valence-electron chi connectivity index (χ3n) is 3.79. The molecule has 122 valence electrons. The summed E-state index contributed by atoms with van der Waals surface area (Å²) in [5, 5.41) is 2.73. The standard InChI is InChI=1S/C19H23FN2O/c1-13(2)17(15-8-10-16(20)11-9-15)18(21)19(23)22-12-14-6-4-3-5-7-14/h3-11,13,17-18H,12,21H2,1-2H3,(H,22,23)/i18D. The molecule has 23 heavy (non-hydrogen) atoms. The van der Waals surface area contributed by atoms with Gasteiger partial charge in [-0.2, -0.15) is 0 Å². The van der Waals surface area contributed by atoms with Gasteiger partial charge in [-0.05, 0) is 29.2 Å². The molecule has 1 amide bonds. The van der Waals surface area contributed by atoms with Crippen molar-refractivity contribution in [2.45, 2.75) is 32.3 Å². The van der Waals surface area contributed by atoms with Gasteiger partial charge in [-0.1, -0.05) is 56.3 Å². The van der Waals surface area contributed by atoms with Crippen LogP contribution in [-0.2, 0) is 11.3 Å². The van der Waals surface area contributed by atoms with Crippen molar-refractivity contribution in [2.75, 3.05) is 0 Å². The summed E-state index contributed by atoms with van der Waals surface area (Å²) in [6, 6.07) is 13.4. The van der Waals surface area contributed by atoms with Crippen molar-refractivity contribution in [1.82, 2.24) is 5.32 Å². The van der Waals surface area contributed by atoms with Crippen molar-refractivity contribution in [2.24, 2.45) is 11.7 Å². The number of benzene rings is 2. The molecule has 2 aromatic carbocycles. The summed E-state index contributed by atoms with van der Waals surface area (Å²) < 4.78 is 21.6. The number of amides is 1. The second kappa shape index (κ2) is 7.88. The first-order valence-corrected chi connectivity index (χ1v) is 7.69. The van der Waals surface area contributed by atoms with Crippen molar-refractivity contribution in [3.05, 3.63) is 71.5 Å². The zero-order chi connectivity index (χ0) is 17.7. The highest BCUT2D eigenvalue weighted by Crippen LogP contribution is 2.27. The molecule has 0 radical (unpaired) electrons. The summed E-state index contributed by atoms with van der Waals surface area (Å²) in [6.45, 7) is 4.11. The Morgan fingerprint density at radius 2 is 1.78 bits per heavy atom. The number of nitrogens with one attached hydrogen (secondary N) is 1. The Morgan fingerprint density at radius 1 is 1.17 bits per heavy atom. The molecule has 0 aliphatic heterocycles. The van der Waals surface area contributed by atoms with Crippen LogP contribution in [0.2, 0.25) is 0 Å². The molecule has 2 rings (SSSR count). The zero-order valence-corrected chi connectivity index (χ0v) is 13.4. The van der Waals surface area contributed by atoms with Crippen LogP contribution in [-0.4, -0.2) is 11.9 Å². The first-order chi connectivity index (χ1) is 11.3. The number of halogens is 1. The lowest BCUT2D eigenvalue weighted by Gasteiger charge is -2.27. The van der Waals surface area contributed by atoms with E-state index in [2.05, 4.69) is 5.32 Å². The van der Waals surface area contributed by atoms with E-state index in [1.54, 1.807) is 12.1 Å². The van der Waals surface area contributed by atoms with Crippen LogP contribution in [0.1, 0.15) is 32.3 Å². The number of hydrogen-bond donors (Lipinski definition) is 2. The number of rotatable bonds is 6.